The molecule has 1 saturated heterocycles. The molecule has 0 bridgehead atoms. The molecule has 0 saturated carbocycles. The zero-order valence-electron chi connectivity index (χ0n) is 20.5. The number of hydrogen-bond acceptors (Lipinski definition) is 5. The average molecular weight is 474 g/mol. The number of carbonyl (C=O) groups excluding carboxylic acids is 1. The summed E-state index contributed by atoms with van der Waals surface area (Å²) in [6, 6.07) is 14.6. The number of nitrogens with two attached hydrogens (primary N) is 1. The van der Waals surface area contributed by atoms with Gasteiger partial charge >= 0.3 is 0 Å². The fourth-order valence-electron chi connectivity index (χ4n) is 4.09. The van der Waals surface area contributed by atoms with Crippen LogP contribution in [0.2, 0.25) is 5.02 Å². The quantitative estimate of drug-likeness (QED) is 0.470. The Labute approximate surface area is 204 Å². The molecule has 2 aromatic rings. The molecule has 1 heterocycles. The molecule has 0 radical (unpaired) electrons. The van der Waals surface area contributed by atoms with Gasteiger partial charge in [0, 0.05) is 37.3 Å². The summed E-state index contributed by atoms with van der Waals surface area (Å²) in [6.07, 6.45) is 4.51. The second kappa shape index (κ2) is 13.7. The fraction of sp³-hybridized carbons (Fsp3) is 0.519. The van der Waals surface area contributed by atoms with Gasteiger partial charge in [-0.05, 0) is 68.6 Å². The van der Waals surface area contributed by atoms with Crippen LogP contribution in [0.1, 0.15) is 67.6 Å². The van der Waals surface area contributed by atoms with E-state index in [1.54, 1.807) is 0 Å². The summed E-state index contributed by atoms with van der Waals surface area (Å²) >= 11 is 5.48. The first-order valence-corrected chi connectivity index (χ1v) is 12.3. The molecule has 0 amide bonds. The summed E-state index contributed by atoms with van der Waals surface area (Å²) in [5.41, 5.74) is 9.25. The van der Waals surface area contributed by atoms with Gasteiger partial charge in [-0.3, -0.25) is 14.6 Å². The van der Waals surface area contributed by atoms with Crippen LogP contribution in [0.25, 0.3) is 0 Å². The van der Waals surface area contributed by atoms with Gasteiger partial charge in [0.05, 0.1) is 5.02 Å². The Balaban J connectivity index is 0.000000321. The molecule has 3 unspecified atom stereocenters. The summed E-state index contributed by atoms with van der Waals surface area (Å²) in [5.74, 6) is 0.711. The number of carbonyl (C=O) groups is 1. The number of benzene rings is 2. The first kappa shape index (κ1) is 27.3. The third-order valence-electron chi connectivity index (χ3n) is 6.59. The summed E-state index contributed by atoms with van der Waals surface area (Å²) < 4.78 is 0. The SMILES string of the molecule is CCC(C)CN(Cc1ccc(C2CCCN2C)cc1)C(C)CN.O=Cc1ccc(O)c(Cl)c1. The Morgan fingerprint density at radius 2 is 1.94 bits per heavy atom. The number of phenolic OH excluding ortho intramolecular Hbond substituents is 1. The molecule has 0 aromatic heterocycles. The largest absolute Gasteiger partial charge is 0.506 e. The van der Waals surface area contributed by atoms with Crippen molar-refractivity contribution in [2.75, 3.05) is 26.7 Å². The van der Waals surface area contributed by atoms with Crippen molar-refractivity contribution >= 4 is 17.9 Å². The van der Waals surface area contributed by atoms with E-state index in [0.717, 1.165) is 25.6 Å². The molecular weight excluding hydrogens is 434 g/mol. The molecule has 182 valence electrons. The number of rotatable bonds is 9. The van der Waals surface area contributed by atoms with E-state index in [1.807, 2.05) is 0 Å². The van der Waals surface area contributed by atoms with E-state index < -0.39 is 0 Å². The molecule has 1 aliphatic rings. The maximum atomic E-state index is 10.1. The van der Waals surface area contributed by atoms with Crippen molar-refractivity contribution in [3.8, 4) is 5.75 Å². The van der Waals surface area contributed by atoms with Crippen molar-refractivity contribution in [2.45, 2.75) is 58.7 Å². The highest BCUT2D eigenvalue weighted by Gasteiger charge is 2.22. The summed E-state index contributed by atoms with van der Waals surface area (Å²) in [4.78, 5) is 15.1. The van der Waals surface area contributed by atoms with Crippen molar-refractivity contribution < 1.29 is 9.90 Å². The molecule has 3 atom stereocenters. The van der Waals surface area contributed by atoms with Crippen LogP contribution in [0.3, 0.4) is 0 Å². The zero-order valence-corrected chi connectivity index (χ0v) is 21.3. The van der Waals surface area contributed by atoms with Crippen molar-refractivity contribution in [2.24, 2.45) is 11.7 Å². The lowest BCUT2D eigenvalue weighted by Crippen LogP contribution is -2.40. The number of nitrogens with zero attached hydrogens (tertiary/aromatic N) is 2. The van der Waals surface area contributed by atoms with E-state index in [-0.39, 0.29) is 10.8 Å². The Kier molecular flexibility index (Phi) is 11.3. The van der Waals surface area contributed by atoms with E-state index >= 15 is 0 Å². The Morgan fingerprint density at radius 3 is 2.45 bits per heavy atom. The predicted molar refractivity (Wildman–Crippen MR) is 138 cm³/mol. The predicted octanol–water partition coefficient (Wildman–Crippen LogP) is 5.51. The first-order chi connectivity index (χ1) is 15.8. The first-order valence-electron chi connectivity index (χ1n) is 12.0. The summed E-state index contributed by atoms with van der Waals surface area (Å²) in [7, 11) is 2.24. The lowest BCUT2D eigenvalue weighted by molar-refractivity contribution is 0.112. The lowest BCUT2D eigenvalue weighted by Gasteiger charge is -2.30. The van der Waals surface area contributed by atoms with Crippen LogP contribution in [0.5, 0.6) is 5.75 Å². The Hall–Kier alpha value is -1.92. The number of halogens is 1. The minimum absolute atomic E-state index is 0.00716. The molecule has 6 heteroatoms. The van der Waals surface area contributed by atoms with Gasteiger partial charge in [0.25, 0.3) is 0 Å². The monoisotopic (exact) mass is 473 g/mol. The van der Waals surface area contributed by atoms with Gasteiger partial charge < -0.3 is 10.8 Å². The van der Waals surface area contributed by atoms with Crippen molar-refractivity contribution in [1.82, 2.24) is 9.80 Å². The van der Waals surface area contributed by atoms with Crippen molar-refractivity contribution in [3.05, 3.63) is 64.2 Å². The molecule has 3 N–H and O–H groups in total. The number of phenols is 1. The Bertz CT molecular complexity index is 859. The number of hydrogen-bond donors (Lipinski definition) is 2. The van der Waals surface area contributed by atoms with E-state index in [2.05, 4.69) is 61.9 Å². The van der Waals surface area contributed by atoms with Gasteiger partial charge in [-0.2, -0.15) is 0 Å². The summed E-state index contributed by atoms with van der Waals surface area (Å²) in [6.45, 7) is 10.9. The van der Waals surface area contributed by atoms with Crippen LogP contribution in [-0.2, 0) is 6.54 Å². The Morgan fingerprint density at radius 1 is 1.24 bits per heavy atom. The van der Waals surface area contributed by atoms with Crippen LogP contribution in [0, 0.1) is 5.92 Å². The molecule has 0 aliphatic carbocycles. The van der Waals surface area contributed by atoms with Gasteiger partial charge in [-0.1, -0.05) is 56.1 Å². The average Bonchev–Trinajstić information content (AvgIpc) is 3.26. The zero-order chi connectivity index (χ0) is 24.4. The van der Waals surface area contributed by atoms with Gasteiger partial charge in [0.1, 0.15) is 12.0 Å². The van der Waals surface area contributed by atoms with Gasteiger partial charge in [0.2, 0.25) is 0 Å². The molecule has 0 spiro atoms. The van der Waals surface area contributed by atoms with Crippen molar-refractivity contribution in [3.63, 3.8) is 0 Å². The smallest absolute Gasteiger partial charge is 0.150 e. The topological polar surface area (TPSA) is 69.8 Å². The molecule has 1 aliphatic heterocycles. The minimum atomic E-state index is -0.00716. The van der Waals surface area contributed by atoms with E-state index in [0.29, 0.717) is 23.9 Å². The van der Waals surface area contributed by atoms with Crippen LogP contribution < -0.4 is 5.73 Å². The van der Waals surface area contributed by atoms with Gasteiger partial charge in [-0.15, -0.1) is 0 Å². The summed E-state index contributed by atoms with van der Waals surface area (Å²) in [5, 5.41) is 9.09. The number of likely N-dealkylation sites (tertiary alicyclic amines) is 1. The molecule has 1 fully saturated rings. The van der Waals surface area contributed by atoms with Gasteiger partial charge in [0.15, 0.2) is 0 Å². The normalized spacial score (nSPS) is 18.0. The second-order valence-electron chi connectivity index (χ2n) is 9.24. The highest BCUT2D eigenvalue weighted by molar-refractivity contribution is 6.32. The van der Waals surface area contributed by atoms with Crippen molar-refractivity contribution in [1.29, 1.82) is 0 Å². The molecular formula is C27H40ClN3O2. The third-order valence-corrected chi connectivity index (χ3v) is 6.89. The lowest BCUT2D eigenvalue weighted by atomic mass is 10.0. The van der Waals surface area contributed by atoms with Crippen LogP contribution >= 0.6 is 11.6 Å². The maximum Gasteiger partial charge on any atom is 0.150 e. The highest BCUT2D eigenvalue weighted by atomic mass is 35.5. The number of aldehydes is 1. The van der Waals surface area contributed by atoms with Crippen LogP contribution in [0.4, 0.5) is 0 Å². The van der Waals surface area contributed by atoms with Gasteiger partial charge in [-0.25, -0.2) is 0 Å². The van der Waals surface area contributed by atoms with Crippen LogP contribution in [-0.4, -0.2) is 53.9 Å². The highest BCUT2D eigenvalue weighted by Crippen LogP contribution is 2.30. The third kappa shape index (κ3) is 8.42. The molecule has 3 rings (SSSR count). The van der Waals surface area contributed by atoms with Crippen LogP contribution in [0.15, 0.2) is 42.5 Å². The number of aromatic hydroxyl groups is 1. The van der Waals surface area contributed by atoms with E-state index in [9.17, 15) is 4.79 Å². The van der Waals surface area contributed by atoms with E-state index in [4.69, 9.17) is 22.4 Å². The standard InChI is InChI=1S/C20H35N3.C7H5ClO2/c1-5-16(2)14-23(17(3)13-21)15-18-8-10-19(11-9-18)20-7-6-12-22(20)4;8-6-3-5(4-9)1-2-7(6)10/h8-11,16-17,20H,5-7,12-15,21H2,1-4H3;1-4,10H. The maximum absolute atomic E-state index is 10.1. The van der Waals surface area contributed by atoms with E-state index in [1.165, 1.54) is 55.1 Å². The fourth-order valence-corrected chi connectivity index (χ4v) is 4.28. The molecule has 5 nitrogen and oxygen atoms in total. The molecule has 33 heavy (non-hydrogen) atoms. The molecule has 2 aromatic carbocycles. The second-order valence-corrected chi connectivity index (χ2v) is 9.64. The minimum Gasteiger partial charge on any atom is -0.506 e.